The summed E-state index contributed by atoms with van der Waals surface area (Å²) in [6, 6.07) is 8.42. The van der Waals surface area contributed by atoms with E-state index in [-0.39, 0.29) is 0 Å². The summed E-state index contributed by atoms with van der Waals surface area (Å²) in [5, 5.41) is 0. The number of para-hydroxylation sites is 1. The van der Waals surface area contributed by atoms with E-state index >= 15 is 0 Å². The Kier molecular flexibility index (Phi) is 3.00. The molecule has 1 aliphatic heterocycles. The van der Waals surface area contributed by atoms with Gasteiger partial charge in [0, 0.05) is 11.6 Å². The van der Waals surface area contributed by atoms with Crippen molar-refractivity contribution in [2.24, 2.45) is 10.9 Å². The molecule has 1 unspecified atom stereocenters. The van der Waals surface area contributed by atoms with Gasteiger partial charge >= 0.3 is 0 Å². The number of hydrogen-bond donors (Lipinski definition) is 0. The zero-order valence-electron chi connectivity index (χ0n) is 9.40. The van der Waals surface area contributed by atoms with Crippen molar-refractivity contribution in [3.63, 3.8) is 0 Å². The summed E-state index contributed by atoms with van der Waals surface area (Å²) in [6.45, 7) is 4.40. The number of allylic oxidation sites excluding steroid dienone is 2. The van der Waals surface area contributed by atoms with Crippen LogP contribution in [0.2, 0.25) is 0 Å². The molecular formula is C14H17N. The smallest absolute Gasteiger partial charge is 0.0665 e. The Morgan fingerprint density at radius 2 is 2.20 bits per heavy atom. The highest BCUT2D eigenvalue weighted by atomic mass is 14.8. The van der Waals surface area contributed by atoms with Crippen LogP contribution in [0.15, 0.2) is 41.4 Å². The van der Waals surface area contributed by atoms with E-state index in [9.17, 15) is 0 Å². The minimum absolute atomic E-state index is 0.544. The summed E-state index contributed by atoms with van der Waals surface area (Å²) >= 11 is 0. The van der Waals surface area contributed by atoms with Crippen LogP contribution in [0.4, 0.5) is 5.69 Å². The van der Waals surface area contributed by atoms with E-state index in [1.807, 2.05) is 0 Å². The molecule has 1 aliphatic rings. The maximum Gasteiger partial charge on any atom is 0.0665 e. The number of benzene rings is 1. The quantitative estimate of drug-likeness (QED) is 0.684. The number of aliphatic imine (C=N–C) groups is 1. The standard InChI is InChI=1S/C14H17N/c1-3-4-8-13-11(2)10-12-7-5-6-9-14(12)15-13/h4-9,11H,3,10H2,1-2H3/b8-4-. The van der Waals surface area contributed by atoms with Gasteiger partial charge in [0.25, 0.3) is 0 Å². The molecule has 0 radical (unpaired) electrons. The lowest BCUT2D eigenvalue weighted by Crippen LogP contribution is -2.15. The van der Waals surface area contributed by atoms with E-state index in [4.69, 9.17) is 4.99 Å². The van der Waals surface area contributed by atoms with Crippen molar-refractivity contribution >= 4 is 11.4 Å². The third-order valence-corrected chi connectivity index (χ3v) is 2.80. The number of nitrogens with zero attached hydrogens (tertiary/aromatic N) is 1. The molecule has 1 nitrogen and oxygen atoms in total. The minimum atomic E-state index is 0.544. The first-order valence-electron chi connectivity index (χ1n) is 5.64. The first kappa shape index (κ1) is 10.2. The van der Waals surface area contributed by atoms with Crippen LogP contribution in [-0.4, -0.2) is 5.71 Å². The van der Waals surface area contributed by atoms with Gasteiger partial charge in [-0.2, -0.15) is 0 Å². The van der Waals surface area contributed by atoms with Crippen molar-refractivity contribution in [3.8, 4) is 0 Å². The molecule has 1 heterocycles. The molecule has 0 aromatic heterocycles. The van der Waals surface area contributed by atoms with E-state index in [0.29, 0.717) is 5.92 Å². The van der Waals surface area contributed by atoms with Gasteiger partial charge < -0.3 is 0 Å². The summed E-state index contributed by atoms with van der Waals surface area (Å²) in [5.74, 6) is 0.544. The molecule has 0 saturated heterocycles. The van der Waals surface area contributed by atoms with Gasteiger partial charge in [-0.05, 0) is 30.5 Å². The molecule has 78 valence electrons. The Morgan fingerprint density at radius 3 is 3.00 bits per heavy atom. The Morgan fingerprint density at radius 1 is 1.40 bits per heavy atom. The summed E-state index contributed by atoms with van der Waals surface area (Å²) in [6.07, 6.45) is 6.54. The fourth-order valence-corrected chi connectivity index (χ4v) is 1.92. The average Bonchev–Trinajstić information content (AvgIpc) is 2.26. The predicted octanol–water partition coefficient (Wildman–Crippen LogP) is 3.92. The van der Waals surface area contributed by atoms with Gasteiger partial charge in [0.05, 0.1) is 5.69 Å². The highest BCUT2D eigenvalue weighted by molar-refractivity contribution is 5.99. The number of hydrogen-bond acceptors (Lipinski definition) is 1. The van der Waals surface area contributed by atoms with Crippen LogP contribution in [0.5, 0.6) is 0 Å². The largest absolute Gasteiger partial charge is 0.253 e. The van der Waals surface area contributed by atoms with Crippen molar-refractivity contribution in [2.45, 2.75) is 26.7 Å². The summed E-state index contributed by atoms with van der Waals surface area (Å²) in [5.41, 5.74) is 3.74. The maximum atomic E-state index is 4.69. The van der Waals surface area contributed by atoms with Gasteiger partial charge in [0.15, 0.2) is 0 Å². The molecule has 0 amide bonds. The first-order chi connectivity index (χ1) is 7.31. The highest BCUT2D eigenvalue weighted by Gasteiger charge is 2.16. The molecule has 1 aromatic rings. The van der Waals surface area contributed by atoms with E-state index in [2.05, 4.69) is 50.3 Å². The molecule has 2 rings (SSSR count). The summed E-state index contributed by atoms with van der Waals surface area (Å²) < 4.78 is 0. The second-order valence-electron chi connectivity index (χ2n) is 4.08. The lowest BCUT2D eigenvalue weighted by atomic mass is 9.92. The zero-order valence-corrected chi connectivity index (χ0v) is 9.40. The van der Waals surface area contributed by atoms with Crippen LogP contribution in [0.1, 0.15) is 25.8 Å². The molecule has 0 aliphatic carbocycles. The topological polar surface area (TPSA) is 12.4 Å². The van der Waals surface area contributed by atoms with Gasteiger partial charge in [-0.25, -0.2) is 0 Å². The SMILES string of the molecule is CC/C=C\C1=Nc2ccccc2CC1C. The fourth-order valence-electron chi connectivity index (χ4n) is 1.92. The lowest BCUT2D eigenvalue weighted by Gasteiger charge is -2.19. The molecule has 1 atom stereocenters. The van der Waals surface area contributed by atoms with E-state index < -0.39 is 0 Å². The van der Waals surface area contributed by atoms with Gasteiger partial charge in [-0.1, -0.05) is 38.1 Å². The third-order valence-electron chi connectivity index (χ3n) is 2.80. The number of rotatable bonds is 2. The van der Waals surface area contributed by atoms with Crippen LogP contribution in [0.3, 0.4) is 0 Å². The van der Waals surface area contributed by atoms with Gasteiger partial charge in [-0.3, -0.25) is 4.99 Å². The third kappa shape index (κ3) is 2.17. The van der Waals surface area contributed by atoms with Crippen LogP contribution in [-0.2, 0) is 6.42 Å². The molecule has 1 aromatic carbocycles. The molecule has 0 saturated carbocycles. The molecule has 15 heavy (non-hydrogen) atoms. The molecule has 1 heteroatoms. The molecule has 0 fully saturated rings. The second-order valence-corrected chi connectivity index (χ2v) is 4.08. The van der Waals surface area contributed by atoms with E-state index in [1.54, 1.807) is 0 Å². The van der Waals surface area contributed by atoms with E-state index in [0.717, 1.165) is 18.5 Å². The second kappa shape index (κ2) is 4.43. The van der Waals surface area contributed by atoms with Gasteiger partial charge in [-0.15, -0.1) is 0 Å². The monoisotopic (exact) mass is 199 g/mol. The number of fused-ring (bicyclic) bond motifs is 1. The Labute approximate surface area is 91.6 Å². The molecular weight excluding hydrogens is 182 g/mol. The molecule has 0 bridgehead atoms. The maximum absolute atomic E-state index is 4.69. The van der Waals surface area contributed by atoms with Gasteiger partial charge in [0.1, 0.15) is 0 Å². The van der Waals surface area contributed by atoms with Crippen molar-refractivity contribution in [1.29, 1.82) is 0 Å². The Hall–Kier alpha value is -1.37. The fraction of sp³-hybridized carbons (Fsp3) is 0.357. The van der Waals surface area contributed by atoms with Crippen molar-refractivity contribution in [2.75, 3.05) is 0 Å². The van der Waals surface area contributed by atoms with Crippen LogP contribution in [0, 0.1) is 5.92 Å². The van der Waals surface area contributed by atoms with Crippen LogP contribution < -0.4 is 0 Å². The lowest BCUT2D eigenvalue weighted by molar-refractivity contribution is 0.757. The zero-order chi connectivity index (χ0) is 10.7. The normalized spacial score (nSPS) is 20.1. The van der Waals surface area contributed by atoms with Crippen LogP contribution >= 0.6 is 0 Å². The summed E-state index contributed by atoms with van der Waals surface area (Å²) in [4.78, 5) is 4.69. The van der Waals surface area contributed by atoms with Crippen molar-refractivity contribution < 1.29 is 0 Å². The highest BCUT2D eigenvalue weighted by Crippen LogP contribution is 2.28. The van der Waals surface area contributed by atoms with Crippen molar-refractivity contribution in [1.82, 2.24) is 0 Å². The van der Waals surface area contributed by atoms with Crippen molar-refractivity contribution in [3.05, 3.63) is 42.0 Å². The van der Waals surface area contributed by atoms with Gasteiger partial charge in [0.2, 0.25) is 0 Å². The predicted molar refractivity (Wildman–Crippen MR) is 65.8 cm³/mol. The Bertz CT molecular complexity index is 402. The first-order valence-corrected chi connectivity index (χ1v) is 5.64. The minimum Gasteiger partial charge on any atom is -0.253 e. The average molecular weight is 199 g/mol. The van der Waals surface area contributed by atoms with E-state index in [1.165, 1.54) is 11.3 Å². The Balaban J connectivity index is 2.34. The molecule has 0 spiro atoms. The van der Waals surface area contributed by atoms with Crippen LogP contribution in [0.25, 0.3) is 0 Å². The summed E-state index contributed by atoms with van der Waals surface area (Å²) in [7, 11) is 0. The molecule has 0 N–H and O–H groups in total.